The molecule has 0 amide bonds. The third kappa shape index (κ3) is 5.57. The molecule has 0 aromatic heterocycles. The lowest BCUT2D eigenvalue weighted by Crippen LogP contribution is -2.53. The number of alkyl halides is 3. The van der Waals surface area contributed by atoms with Crippen LogP contribution in [0.4, 0.5) is 13.2 Å². The van der Waals surface area contributed by atoms with Crippen LogP contribution in [0, 0.1) is 11.3 Å². The van der Waals surface area contributed by atoms with E-state index in [0.717, 1.165) is 24.0 Å². The number of carboxylic acid groups (broad SMARTS) is 1. The second-order valence-corrected chi connectivity index (χ2v) is 9.32. The van der Waals surface area contributed by atoms with Gasteiger partial charge in [-0.2, -0.15) is 13.2 Å². The monoisotopic (exact) mass is 436 g/mol. The molecule has 0 spiro atoms. The van der Waals surface area contributed by atoms with Gasteiger partial charge in [-0.3, -0.25) is 5.32 Å². The van der Waals surface area contributed by atoms with E-state index >= 15 is 0 Å². The van der Waals surface area contributed by atoms with Crippen LogP contribution in [0.15, 0.2) is 48.6 Å². The molecule has 31 heavy (non-hydrogen) atoms. The quantitative estimate of drug-likeness (QED) is 0.648. The van der Waals surface area contributed by atoms with E-state index in [9.17, 15) is 23.1 Å². The van der Waals surface area contributed by atoms with E-state index < -0.39 is 23.1 Å². The van der Waals surface area contributed by atoms with Gasteiger partial charge in [-0.25, -0.2) is 4.79 Å². The molecule has 1 heterocycles. The van der Waals surface area contributed by atoms with Gasteiger partial charge in [-0.15, -0.1) is 0 Å². The van der Waals surface area contributed by atoms with Crippen LogP contribution in [0.1, 0.15) is 38.7 Å². The second-order valence-electron chi connectivity index (χ2n) is 9.32. The van der Waals surface area contributed by atoms with Gasteiger partial charge in [0.1, 0.15) is 5.54 Å². The molecule has 0 bridgehead atoms. The zero-order valence-corrected chi connectivity index (χ0v) is 18.1. The van der Waals surface area contributed by atoms with Crippen LogP contribution in [0.25, 0.3) is 5.57 Å². The van der Waals surface area contributed by atoms with Gasteiger partial charge in [0.15, 0.2) is 0 Å². The Bertz CT molecular complexity index is 825. The van der Waals surface area contributed by atoms with Gasteiger partial charge in [-0.05, 0) is 69.8 Å². The second kappa shape index (κ2) is 9.17. The van der Waals surface area contributed by atoms with Crippen LogP contribution in [0.3, 0.4) is 0 Å². The molecule has 2 N–H and O–H groups in total. The molecule has 1 atom stereocenters. The lowest BCUT2D eigenvalue weighted by molar-refractivity contribution is -0.217. The topological polar surface area (TPSA) is 52.6 Å². The van der Waals surface area contributed by atoms with Crippen LogP contribution < -0.4 is 5.32 Å². The number of rotatable bonds is 7. The Morgan fingerprint density at radius 1 is 1.19 bits per heavy atom. The third-order valence-corrected chi connectivity index (χ3v) is 6.48. The summed E-state index contributed by atoms with van der Waals surface area (Å²) < 4.78 is 39.4. The summed E-state index contributed by atoms with van der Waals surface area (Å²) in [5.74, 6) is -0.675. The fourth-order valence-corrected chi connectivity index (χ4v) is 4.17. The predicted molar refractivity (Wildman–Crippen MR) is 116 cm³/mol. The first-order valence-electron chi connectivity index (χ1n) is 10.7. The Kier molecular flexibility index (Phi) is 6.96. The molecular weight excluding hydrogens is 405 g/mol. The summed E-state index contributed by atoms with van der Waals surface area (Å²) in [6.45, 7) is 4.20. The van der Waals surface area contributed by atoms with Crippen molar-refractivity contribution in [2.24, 2.45) is 11.3 Å². The number of piperidine rings is 1. The van der Waals surface area contributed by atoms with Crippen molar-refractivity contribution in [3.8, 4) is 0 Å². The SMILES string of the molecule is CC(C)(CN1CCC(CNC2(C(=O)O)C=CC(c3ccccc3)=CC2)CC1)C(F)(F)F. The van der Waals surface area contributed by atoms with Gasteiger partial charge in [0.2, 0.25) is 0 Å². The molecule has 1 fully saturated rings. The summed E-state index contributed by atoms with van der Waals surface area (Å²) in [5, 5.41) is 13.1. The van der Waals surface area contributed by atoms with Gasteiger partial charge in [0.05, 0.1) is 5.41 Å². The average molecular weight is 437 g/mol. The van der Waals surface area contributed by atoms with E-state index in [1.807, 2.05) is 47.4 Å². The third-order valence-electron chi connectivity index (χ3n) is 6.48. The zero-order valence-electron chi connectivity index (χ0n) is 18.1. The molecule has 1 unspecified atom stereocenters. The average Bonchev–Trinajstić information content (AvgIpc) is 2.73. The highest BCUT2D eigenvalue weighted by Crippen LogP contribution is 2.38. The number of aliphatic carboxylic acids is 1. The molecule has 7 heteroatoms. The number of hydrogen-bond donors (Lipinski definition) is 2. The van der Waals surface area contributed by atoms with E-state index in [2.05, 4.69) is 5.32 Å². The fraction of sp³-hybridized carbons (Fsp3) is 0.542. The van der Waals surface area contributed by atoms with Gasteiger partial charge in [0, 0.05) is 6.54 Å². The van der Waals surface area contributed by atoms with Gasteiger partial charge < -0.3 is 10.0 Å². The number of likely N-dealkylation sites (tertiary alicyclic amines) is 1. The van der Waals surface area contributed by atoms with Crippen LogP contribution in [-0.2, 0) is 4.79 Å². The first-order chi connectivity index (χ1) is 14.5. The highest BCUT2D eigenvalue weighted by atomic mass is 19.4. The summed E-state index contributed by atoms with van der Waals surface area (Å²) in [6.07, 6.45) is 3.15. The van der Waals surface area contributed by atoms with E-state index in [-0.39, 0.29) is 12.5 Å². The van der Waals surface area contributed by atoms with Crippen molar-refractivity contribution in [2.75, 3.05) is 26.2 Å². The van der Waals surface area contributed by atoms with Gasteiger partial charge in [0.25, 0.3) is 0 Å². The maximum Gasteiger partial charge on any atom is 0.395 e. The van der Waals surface area contributed by atoms with Crippen molar-refractivity contribution < 1.29 is 23.1 Å². The number of nitrogens with zero attached hydrogens (tertiary/aromatic N) is 1. The van der Waals surface area contributed by atoms with Crippen molar-refractivity contribution in [2.45, 2.75) is 44.8 Å². The molecule has 1 aliphatic carbocycles. The lowest BCUT2D eigenvalue weighted by Gasteiger charge is -2.39. The van der Waals surface area contributed by atoms with E-state index in [1.54, 1.807) is 6.08 Å². The molecule has 1 saturated heterocycles. The minimum absolute atomic E-state index is 0.00843. The Hall–Kier alpha value is -2.12. The number of carbonyl (C=O) groups is 1. The molecule has 0 radical (unpaired) electrons. The number of carboxylic acids is 1. The van der Waals surface area contributed by atoms with E-state index in [0.29, 0.717) is 26.1 Å². The molecule has 0 saturated carbocycles. The smallest absolute Gasteiger partial charge is 0.395 e. The summed E-state index contributed by atoms with van der Waals surface area (Å²) >= 11 is 0. The Morgan fingerprint density at radius 3 is 2.35 bits per heavy atom. The highest BCUT2D eigenvalue weighted by Gasteiger charge is 2.48. The van der Waals surface area contributed by atoms with Crippen molar-refractivity contribution >= 4 is 11.5 Å². The predicted octanol–water partition coefficient (Wildman–Crippen LogP) is 4.74. The standard InChI is InChI=1S/C24H31F3N2O2/c1-22(2,24(25,26)27)17-29-14-10-18(11-15-29)16-28-23(21(30)31)12-8-20(9-13-23)19-6-4-3-5-7-19/h3-9,12,18,28H,10-11,13-17H2,1-2H3,(H,30,31). The van der Waals surface area contributed by atoms with Crippen molar-refractivity contribution in [3.05, 3.63) is 54.1 Å². The van der Waals surface area contributed by atoms with Crippen molar-refractivity contribution in [1.82, 2.24) is 10.2 Å². The molecule has 1 aliphatic heterocycles. The summed E-state index contributed by atoms with van der Waals surface area (Å²) in [4.78, 5) is 13.9. The summed E-state index contributed by atoms with van der Waals surface area (Å²) in [6, 6.07) is 9.82. The molecule has 3 rings (SSSR count). The zero-order chi connectivity index (χ0) is 22.7. The number of allylic oxidation sites excluding steroid dienone is 2. The fourth-order valence-electron chi connectivity index (χ4n) is 4.17. The maximum atomic E-state index is 13.1. The molecular formula is C24H31F3N2O2. The molecule has 2 aliphatic rings. The first-order valence-corrected chi connectivity index (χ1v) is 10.7. The minimum atomic E-state index is -4.22. The first kappa shape index (κ1) is 23.5. The maximum absolute atomic E-state index is 13.1. The molecule has 4 nitrogen and oxygen atoms in total. The Morgan fingerprint density at radius 2 is 1.84 bits per heavy atom. The Balaban J connectivity index is 1.53. The molecule has 1 aromatic carbocycles. The molecule has 170 valence electrons. The van der Waals surface area contributed by atoms with E-state index in [1.165, 1.54) is 13.8 Å². The van der Waals surface area contributed by atoms with Crippen molar-refractivity contribution in [1.29, 1.82) is 0 Å². The highest BCUT2D eigenvalue weighted by molar-refractivity contribution is 5.86. The summed E-state index contributed by atoms with van der Waals surface area (Å²) in [7, 11) is 0. The number of halogens is 3. The minimum Gasteiger partial charge on any atom is -0.480 e. The number of nitrogens with one attached hydrogen (secondary N) is 1. The Labute approximate surface area is 181 Å². The van der Waals surface area contributed by atoms with E-state index in [4.69, 9.17) is 0 Å². The number of hydrogen-bond acceptors (Lipinski definition) is 3. The number of benzene rings is 1. The summed E-state index contributed by atoms with van der Waals surface area (Å²) in [5.41, 5.74) is -0.832. The van der Waals surface area contributed by atoms with Crippen LogP contribution in [0.2, 0.25) is 0 Å². The molecule has 1 aromatic rings. The van der Waals surface area contributed by atoms with Crippen molar-refractivity contribution in [3.63, 3.8) is 0 Å². The van der Waals surface area contributed by atoms with Gasteiger partial charge in [-0.1, -0.05) is 48.6 Å². The normalized spacial score (nSPS) is 23.6. The van der Waals surface area contributed by atoms with Crippen LogP contribution in [-0.4, -0.2) is 53.9 Å². The van der Waals surface area contributed by atoms with Crippen LogP contribution in [0.5, 0.6) is 0 Å². The van der Waals surface area contributed by atoms with Crippen LogP contribution >= 0.6 is 0 Å². The largest absolute Gasteiger partial charge is 0.480 e. The lowest BCUT2D eigenvalue weighted by atomic mass is 9.85. The van der Waals surface area contributed by atoms with Gasteiger partial charge >= 0.3 is 12.1 Å².